The molecule has 0 saturated heterocycles. The normalized spacial score (nSPS) is 14.0. The molecule has 0 atom stereocenters. The third-order valence-corrected chi connectivity index (χ3v) is 7.29. The monoisotopic (exact) mass is 420 g/mol. The molecule has 2 aromatic heterocycles. The molecular weight excluding hydrogens is 408 g/mol. The zero-order valence-corrected chi connectivity index (χ0v) is 17.2. The van der Waals surface area contributed by atoms with Gasteiger partial charge in [0.05, 0.1) is 0 Å². The average molecular weight is 421 g/mol. The number of rotatable bonds is 2. The number of fused-ring (bicyclic) bond motifs is 2. The van der Waals surface area contributed by atoms with Gasteiger partial charge in [-0.3, -0.25) is 4.79 Å². The van der Waals surface area contributed by atoms with Crippen LogP contribution in [0.4, 0.5) is 0 Å². The summed E-state index contributed by atoms with van der Waals surface area (Å²) < 4.78 is 2.31. The number of thiophene rings is 2. The number of hydrogen-bond acceptors (Lipinski definition) is 5. The molecule has 0 fully saturated rings. The fraction of sp³-hybridized carbons (Fsp3) is 0. The molecule has 0 saturated carbocycles. The van der Waals surface area contributed by atoms with E-state index in [1.54, 1.807) is 40.9 Å². The quantitative estimate of drug-likeness (QED) is 0.267. The lowest BCUT2D eigenvalue weighted by Gasteiger charge is -2.01. The fourth-order valence-electron chi connectivity index (χ4n) is 3.66. The first kappa shape index (κ1) is 18.3. The molecule has 4 aromatic rings. The standard InChI is InChI=1S/C25H12N2OS2/c26-13-16(14-27)24-18-8-4-5-9-19(18)25(28)20(24)10-17-11-22-23(29-17)12-21(30-22)15-6-2-1-3-7-15/h1-12H/b20-10-. The van der Waals surface area contributed by atoms with Gasteiger partial charge in [-0.2, -0.15) is 10.5 Å². The molecule has 3 nitrogen and oxygen atoms in total. The van der Waals surface area contributed by atoms with E-state index >= 15 is 0 Å². The van der Waals surface area contributed by atoms with Crippen LogP contribution >= 0.6 is 22.7 Å². The maximum Gasteiger partial charge on any atom is 0.194 e. The molecule has 2 heterocycles. The molecule has 0 aliphatic heterocycles. The van der Waals surface area contributed by atoms with Gasteiger partial charge in [-0.25, -0.2) is 0 Å². The Morgan fingerprint density at radius 2 is 1.50 bits per heavy atom. The van der Waals surface area contributed by atoms with E-state index in [1.807, 2.05) is 42.5 Å². The Kier molecular flexibility index (Phi) is 4.41. The third-order valence-electron chi connectivity index (χ3n) is 5.00. The SMILES string of the molecule is N#CC(C#N)=C1/C(=C/c2cc3sc(-c4ccccc4)cc3s2)C(=O)c2ccccc21. The van der Waals surface area contributed by atoms with E-state index in [4.69, 9.17) is 0 Å². The summed E-state index contributed by atoms with van der Waals surface area (Å²) in [6.07, 6.45) is 1.81. The summed E-state index contributed by atoms with van der Waals surface area (Å²) in [6.45, 7) is 0. The number of carbonyl (C=O) groups is 1. The van der Waals surface area contributed by atoms with E-state index in [0.29, 0.717) is 22.3 Å². The molecule has 1 aliphatic rings. The Hall–Kier alpha value is -3.77. The van der Waals surface area contributed by atoms with Crippen molar-refractivity contribution in [2.45, 2.75) is 0 Å². The van der Waals surface area contributed by atoms with Crippen LogP contribution in [0, 0.1) is 22.7 Å². The minimum atomic E-state index is -0.148. The Morgan fingerprint density at radius 3 is 2.20 bits per heavy atom. The van der Waals surface area contributed by atoms with Gasteiger partial charge in [-0.05, 0) is 29.3 Å². The Bertz CT molecular complexity index is 1420. The Morgan fingerprint density at radius 1 is 0.833 bits per heavy atom. The molecule has 0 radical (unpaired) electrons. The molecule has 0 N–H and O–H groups in total. The minimum Gasteiger partial charge on any atom is -0.289 e. The topological polar surface area (TPSA) is 64.7 Å². The average Bonchev–Trinajstić information content (AvgIpc) is 3.42. The number of nitriles is 2. The molecule has 2 aromatic carbocycles. The first-order chi connectivity index (χ1) is 14.7. The number of allylic oxidation sites excluding steroid dienone is 3. The van der Waals surface area contributed by atoms with E-state index in [9.17, 15) is 15.3 Å². The highest BCUT2D eigenvalue weighted by Crippen LogP contribution is 2.42. The second kappa shape index (κ2) is 7.24. The van der Waals surface area contributed by atoms with E-state index in [1.165, 1.54) is 10.4 Å². The van der Waals surface area contributed by atoms with Crippen molar-refractivity contribution in [3.05, 3.63) is 93.9 Å². The predicted octanol–water partition coefficient (Wildman–Crippen LogP) is 6.71. The summed E-state index contributed by atoms with van der Waals surface area (Å²) in [7, 11) is 0. The molecule has 140 valence electrons. The van der Waals surface area contributed by atoms with Gasteiger partial charge in [0.2, 0.25) is 0 Å². The number of benzene rings is 2. The van der Waals surface area contributed by atoms with Gasteiger partial charge in [-0.1, -0.05) is 54.6 Å². The highest BCUT2D eigenvalue weighted by Gasteiger charge is 2.32. The van der Waals surface area contributed by atoms with Crippen LogP contribution in [0.5, 0.6) is 0 Å². The maximum absolute atomic E-state index is 13.0. The first-order valence-corrected chi connectivity index (χ1v) is 10.8. The second-order valence-electron chi connectivity index (χ2n) is 6.76. The zero-order valence-electron chi connectivity index (χ0n) is 15.5. The summed E-state index contributed by atoms with van der Waals surface area (Å²) in [4.78, 5) is 15.2. The fourth-order valence-corrected chi connectivity index (χ4v) is 6.02. The van der Waals surface area contributed by atoms with Crippen LogP contribution in [0.3, 0.4) is 0 Å². The smallest absolute Gasteiger partial charge is 0.194 e. The van der Waals surface area contributed by atoms with Crippen LogP contribution in [-0.4, -0.2) is 5.78 Å². The van der Waals surface area contributed by atoms with Gasteiger partial charge in [0.1, 0.15) is 17.7 Å². The number of Topliss-reactive ketones (excluding diaryl/α,β-unsaturated/α-hetero) is 1. The van der Waals surface area contributed by atoms with Crippen LogP contribution in [-0.2, 0) is 0 Å². The lowest BCUT2D eigenvalue weighted by molar-refractivity contribution is 0.104. The van der Waals surface area contributed by atoms with Gasteiger partial charge >= 0.3 is 0 Å². The Labute approximate surface area is 181 Å². The summed E-state index contributed by atoms with van der Waals surface area (Å²) in [5, 5.41) is 18.9. The summed E-state index contributed by atoms with van der Waals surface area (Å²) in [6, 6.07) is 25.5. The van der Waals surface area contributed by atoms with Gasteiger partial charge in [0, 0.05) is 35.9 Å². The second-order valence-corrected chi connectivity index (χ2v) is 8.96. The van der Waals surface area contributed by atoms with Gasteiger partial charge < -0.3 is 0 Å². The van der Waals surface area contributed by atoms with Crippen molar-refractivity contribution < 1.29 is 4.79 Å². The van der Waals surface area contributed by atoms with E-state index in [2.05, 4.69) is 24.3 Å². The van der Waals surface area contributed by atoms with Crippen molar-refractivity contribution in [3.8, 4) is 22.6 Å². The summed E-state index contributed by atoms with van der Waals surface area (Å²) in [5.41, 5.74) is 3.17. The lowest BCUT2D eigenvalue weighted by Crippen LogP contribution is -1.95. The van der Waals surface area contributed by atoms with Crippen molar-refractivity contribution >= 4 is 49.5 Å². The first-order valence-electron chi connectivity index (χ1n) is 9.19. The van der Waals surface area contributed by atoms with Crippen molar-refractivity contribution in [1.29, 1.82) is 10.5 Å². The van der Waals surface area contributed by atoms with Crippen molar-refractivity contribution in [2.75, 3.05) is 0 Å². The highest BCUT2D eigenvalue weighted by molar-refractivity contribution is 7.29. The van der Waals surface area contributed by atoms with Crippen molar-refractivity contribution in [3.63, 3.8) is 0 Å². The molecule has 0 unspecified atom stereocenters. The summed E-state index contributed by atoms with van der Waals surface area (Å²) >= 11 is 3.32. The van der Waals surface area contributed by atoms with E-state index < -0.39 is 0 Å². The van der Waals surface area contributed by atoms with Gasteiger partial charge in [-0.15, -0.1) is 22.7 Å². The highest BCUT2D eigenvalue weighted by atomic mass is 32.1. The van der Waals surface area contributed by atoms with E-state index in [-0.39, 0.29) is 11.4 Å². The minimum absolute atomic E-state index is 0.0377. The molecule has 0 bridgehead atoms. The predicted molar refractivity (Wildman–Crippen MR) is 122 cm³/mol. The molecular formula is C25H12N2OS2. The molecule has 0 spiro atoms. The van der Waals surface area contributed by atoms with Crippen LogP contribution in [0.15, 0.2) is 77.9 Å². The van der Waals surface area contributed by atoms with Crippen LogP contribution in [0.25, 0.3) is 31.5 Å². The third kappa shape index (κ3) is 2.89. The molecule has 5 rings (SSSR count). The Balaban J connectivity index is 1.62. The van der Waals surface area contributed by atoms with Crippen LogP contribution in [0.1, 0.15) is 20.8 Å². The summed E-state index contributed by atoms with van der Waals surface area (Å²) in [5.74, 6) is -0.148. The molecule has 30 heavy (non-hydrogen) atoms. The maximum atomic E-state index is 13.0. The van der Waals surface area contributed by atoms with Gasteiger partial charge in [0.15, 0.2) is 5.78 Å². The van der Waals surface area contributed by atoms with Crippen molar-refractivity contribution in [1.82, 2.24) is 0 Å². The molecule has 5 heteroatoms. The molecule has 0 amide bonds. The van der Waals surface area contributed by atoms with Crippen LogP contribution < -0.4 is 0 Å². The largest absolute Gasteiger partial charge is 0.289 e. The molecule has 1 aliphatic carbocycles. The zero-order chi connectivity index (χ0) is 20.7. The lowest BCUT2D eigenvalue weighted by atomic mass is 9.99. The van der Waals surface area contributed by atoms with Crippen molar-refractivity contribution in [2.24, 2.45) is 0 Å². The van der Waals surface area contributed by atoms with Gasteiger partial charge in [0.25, 0.3) is 0 Å². The number of nitrogens with zero attached hydrogens (tertiary/aromatic N) is 2. The number of hydrogen-bond donors (Lipinski definition) is 0. The number of ketones is 1. The van der Waals surface area contributed by atoms with E-state index in [0.717, 1.165) is 14.3 Å². The number of carbonyl (C=O) groups excluding carboxylic acids is 1. The van der Waals surface area contributed by atoms with Crippen LogP contribution in [0.2, 0.25) is 0 Å².